The number of amides is 1. The lowest BCUT2D eigenvalue weighted by Crippen LogP contribution is -2.19. The molecule has 0 heterocycles. The third-order valence-electron chi connectivity index (χ3n) is 3.05. The van der Waals surface area contributed by atoms with Crippen LogP contribution in [0.25, 0.3) is 0 Å². The van der Waals surface area contributed by atoms with Crippen LogP contribution in [0, 0.1) is 0 Å². The predicted molar refractivity (Wildman–Crippen MR) is 90.9 cm³/mol. The van der Waals surface area contributed by atoms with Crippen LogP contribution in [-0.4, -0.2) is 25.8 Å². The van der Waals surface area contributed by atoms with Gasteiger partial charge in [-0.1, -0.05) is 42.5 Å². The Morgan fingerprint density at radius 1 is 1.04 bits per heavy atom. The third kappa shape index (κ3) is 4.78. The van der Waals surface area contributed by atoms with Crippen LogP contribution >= 0.6 is 11.8 Å². The van der Waals surface area contributed by atoms with Crippen molar-refractivity contribution in [1.29, 1.82) is 0 Å². The maximum absolute atomic E-state index is 12.7. The maximum atomic E-state index is 12.7. The van der Waals surface area contributed by atoms with Crippen LogP contribution in [0.5, 0.6) is 0 Å². The minimum Gasteiger partial charge on any atom is -0.324 e. The van der Waals surface area contributed by atoms with Gasteiger partial charge in [-0.25, -0.2) is 8.42 Å². The number of benzene rings is 2. The van der Waals surface area contributed by atoms with Gasteiger partial charge in [-0.3, -0.25) is 4.79 Å². The molecule has 8 heteroatoms. The summed E-state index contributed by atoms with van der Waals surface area (Å²) in [5, 5.41) is 2.39. The number of hydrogen-bond acceptors (Lipinski definition) is 4. The minimum atomic E-state index is -4.77. The van der Waals surface area contributed by atoms with Crippen LogP contribution in [0.15, 0.2) is 59.5 Å². The summed E-state index contributed by atoms with van der Waals surface area (Å²) in [5.74, 6) is -3.29. The van der Waals surface area contributed by atoms with E-state index in [0.29, 0.717) is 5.75 Å². The fourth-order valence-electron chi connectivity index (χ4n) is 1.94. The lowest BCUT2D eigenvalue weighted by molar-refractivity contribution is -0.113. The molecular formula is C16H15F2NO3S2. The summed E-state index contributed by atoms with van der Waals surface area (Å²) in [5.41, 5.74) is 0.916. The van der Waals surface area contributed by atoms with Crippen LogP contribution in [0.1, 0.15) is 5.56 Å². The van der Waals surface area contributed by atoms with E-state index in [1.165, 1.54) is 30.0 Å². The molecule has 0 radical (unpaired) electrons. The highest BCUT2D eigenvalue weighted by atomic mass is 32.2. The number of halogens is 2. The predicted octanol–water partition coefficient (Wildman–Crippen LogP) is 3.55. The largest absolute Gasteiger partial charge is 0.341 e. The smallest absolute Gasteiger partial charge is 0.324 e. The third-order valence-corrected chi connectivity index (χ3v) is 5.49. The molecule has 0 fully saturated rings. The summed E-state index contributed by atoms with van der Waals surface area (Å²) < 4.78 is 48.7. The number of carbonyl (C=O) groups is 1. The van der Waals surface area contributed by atoms with E-state index >= 15 is 0 Å². The van der Waals surface area contributed by atoms with E-state index in [1.54, 1.807) is 0 Å². The SMILES string of the molecule is O=C(CSCc1ccccc1)Nc1ccccc1S(=O)(=O)C(F)F. The molecule has 2 aromatic rings. The monoisotopic (exact) mass is 371 g/mol. The van der Waals surface area contributed by atoms with Gasteiger partial charge in [0.2, 0.25) is 15.7 Å². The van der Waals surface area contributed by atoms with E-state index in [1.807, 2.05) is 30.3 Å². The molecular weight excluding hydrogens is 356 g/mol. The summed E-state index contributed by atoms with van der Waals surface area (Å²) in [6, 6.07) is 14.7. The molecule has 2 aromatic carbocycles. The van der Waals surface area contributed by atoms with Crippen molar-refractivity contribution in [2.45, 2.75) is 16.4 Å². The van der Waals surface area contributed by atoms with Gasteiger partial charge >= 0.3 is 5.76 Å². The van der Waals surface area contributed by atoms with E-state index in [2.05, 4.69) is 5.32 Å². The molecule has 0 saturated carbocycles. The number of carbonyl (C=O) groups excluding carboxylic acids is 1. The van der Waals surface area contributed by atoms with Gasteiger partial charge in [0.05, 0.1) is 16.3 Å². The highest BCUT2D eigenvalue weighted by molar-refractivity contribution is 7.99. The number of anilines is 1. The van der Waals surface area contributed by atoms with E-state index in [9.17, 15) is 22.0 Å². The van der Waals surface area contributed by atoms with E-state index < -0.39 is 26.4 Å². The highest BCUT2D eigenvalue weighted by Gasteiger charge is 2.29. The fourth-order valence-corrected chi connectivity index (χ4v) is 3.61. The van der Waals surface area contributed by atoms with E-state index in [-0.39, 0.29) is 11.4 Å². The highest BCUT2D eigenvalue weighted by Crippen LogP contribution is 2.26. The molecule has 4 nitrogen and oxygen atoms in total. The van der Waals surface area contributed by atoms with E-state index in [4.69, 9.17) is 0 Å². The summed E-state index contributed by atoms with van der Waals surface area (Å²) in [6.07, 6.45) is 0. The molecule has 24 heavy (non-hydrogen) atoms. The molecule has 0 spiro atoms. The van der Waals surface area contributed by atoms with Gasteiger partial charge in [0.1, 0.15) is 0 Å². The zero-order valence-electron chi connectivity index (χ0n) is 12.5. The molecule has 2 rings (SSSR count). The molecule has 0 unspecified atom stereocenters. The normalized spacial score (nSPS) is 11.5. The van der Waals surface area contributed by atoms with Crippen LogP contribution < -0.4 is 5.32 Å². The van der Waals surface area contributed by atoms with E-state index in [0.717, 1.165) is 11.6 Å². The summed E-state index contributed by atoms with van der Waals surface area (Å²) in [6.45, 7) is 0. The number of rotatable bonds is 7. The van der Waals surface area contributed by atoms with Gasteiger partial charge in [0.15, 0.2) is 0 Å². The number of hydrogen-bond donors (Lipinski definition) is 1. The molecule has 0 atom stereocenters. The molecule has 0 aliphatic heterocycles. The quantitative estimate of drug-likeness (QED) is 0.808. The number of alkyl halides is 2. The molecule has 0 bridgehead atoms. The second-order valence-corrected chi connectivity index (χ2v) is 7.70. The first-order valence-corrected chi connectivity index (χ1v) is 9.64. The van der Waals surface area contributed by atoms with Crippen molar-refractivity contribution in [3.05, 3.63) is 60.2 Å². The summed E-state index contributed by atoms with van der Waals surface area (Å²) in [7, 11) is -4.77. The Labute approximate surface area is 143 Å². The van der Waals surface area contributed by atoms with Gasteiger partial charge in [-0.2, -0.15) is 8.78 Å². The zero-order chi connectivity index (χ0) is 17.6. The standard InChI is InChI=1S/C16H15F2NO3S2/c17-16(18)24(21,22)14-9-5-4-8-13(14)19-15(20)11-23-10-12-6-2-1-3-7-12/h1-9,16H,10-11H2,(H,19,20). The molecule has 128 valence electrons. The lowest BCUT2D eigenvalue weighted by Gasteiger charge is -2.11. The van der Waals surface area contributed by atoms with Crippen LogP contribution in [0.4, 0.5) is 14.5 Å². The molecule has 0 saturated heterocycles. The average Bonchev–Trinajstić information content (AvgIpc) is 2.56. The topological polar surface area (TPSA) is 63.2 Å². The first-order valence-electron chi connectivity index (χ1n) is 6.94. The Bertz CT molecular complexity index is 796. The second kappa shape index (κ2) is 8.25. The second-order valence-electron chi connectivity index (χ2n) is 4.83. The molecule has 1 N–H and O–H groups in total. The van der Waals surface area contributed by atoms with Gasteiger partial charge in [-0.05, 0) is 17.7 Å². The van der Waals surface area contributed by atoms with Crippen LogP contribution in [-0.2, 0) is 20.4 Å². The Morgan fingerprint density at radius 3 is 2.33 bits per heavy atom. The van der Waals surface area contributed by atoms with Gasteiger partial charge in [0, 0.05) is 5.75 Å². The molecule has 0 aliphatic rings. The van der Waals surface area contributed by atoms with Crippen molar-refractivity contribution in [1.82, 2.24) is 0 Å². The Balaban J connectivity index is 2.00. The van der Waals surface area contributed by atoms with Crippen molar-refractivity contribution in [3.8, 4) is 0 Å². The van der Waals surface area contributed by atoms with Gasteiger partial charge < -0.3 is 5.32 Å². The average molecular weight is 371 g/mol. The van der Waals surface area contributed by atoms with Crippen molar-refractivity contribution >= 4 is 33.2 Å². The summed E-state index contributed by atoms with van der Waals surface area (Å²) in [4.78, 5) is 11.4. The van der Waals surface area contributed by atoms with Crippen molar-refractivity contribution in [3.63, 3.8) is 0 Å². The molecule has 1 amide bonds. The Hall–Kier alpha value is -1.93. The van der Waals surface area contributed by atoms with Crippen molar-refractivity contribution < 1.29 is 22.0 Å². The number of nitrogens with one attached hydrogen (secondary N) is 1. The first kappa shape index (κ1) is 18.4. The molecule has 0 aromatic heterocycles. The zero-order valence-corrected chi connectivity index (χ0v) is 14.1. The fraction of sp³-hybridized carbons (Fsp3) is 0.188. The lowest BCUT2D eigenvalue weighted by atomic mass is 10.2. The summed E-state index contributed by atoms with van der Waals surface area (Å²) >= 11 is 1.34. The maximum Gasteiger partial charge on any atom is 0.341 e. The number of para-hydroxylation sites is 1. The Kier molecular flexibility index (Phi) is 6.33. The molecule has 0 aliphatic carbocycles. The number of sulfone groups is 1. The number of thioether (sulfide) groups is 1. The Morgan fingerprint density at radius 2 is 1.67 bits per heavy atom. The van der Waals surface area contributed by atoms with Crippen molar-refractivity contribution in [2.75, 3.05) is 11.1 Å². The van der Waals surface area contributed by atoms with Crippen LogP contribution in [0.3, 0.4) is 0 Å². The van der Waals surface area contributed by atoms with Crippen molar-refractivity contribution in [2.24, 2.45) is 0 Å². The van der Waals surface area contributed by atoms with Gasteiger partial charge in [-0.15, -0.1) is 11.8 Å². The van der Waals surface area contributed by atoms with Gasteiger partial charge in [0.25, 0.3) is 0 Å². The minimum absolute atomic E-state index is 0.0813. The van der Waals surface area contributed by atoms with Crippen LogP contribution in [0.2, 0.25) is 0 Å². The first-order chi connectivity index (χ1) is 11.4.